The molecule has 0 N–H and O–H groups in total. The van der Waals surface area contributed by atoms with Crippen molar-refractivity contribution in [3.8, 4) is 11.5 Å². The molecule has 0 aliphatic rings. The lowest BCUT2D eigenvalue weighted by Crippen LogP contribution is -1.94. The summed E-state index contributed by atoms with van der Waals surface area (Å²) < 4.78 is 31.0. The third-order valence-corrected chi connectivity index (χ3v) is 2.19. The molecule has 0 saturated carbocycles. The number of rotatable bonds is 3. The van der Waals surface area contributed by atoms with E-state index in [1.165, 1.54) is 26.4 Å². The number of hydrogen-bond acceptors (Lipinski definition) is 4. The molecule has 72 valence electrons. The van der Waals surface area contributed by atoms with E-state index in [0.717, 1.165) is 0 Å². The Kier molecular flexibility index (Phi) is 3.27. The molecular weight excluding hydrogens is 192 g/mol. The van der Waals surface area contributed by atoms with E-state index >= 15 is 0 Å². The molecule has 1 unspecified atom stereocenters. The second kappa shape index (κ2) is 4.25. The molecule has 0 aromatic heterocycles. The van der Waals surface area contributed by atoms with Crippen LogP contribution >= 0.6 is 0 Å². The maximum atomic E-state index is 10.6. The van der Waals surface area contributed by atoms with Gasteiger partial charge in [0.05, 0.1) is 14.2 Å². The fraction of sp³-hybridized carbons (Fsp3) is 0.250. The van der Waals surface area contributed by atoms with Gasteiger partial charge in [-0.05, 0) is 29.3 Å². The van der Waals surface area contributed by atoms with Gasteiger partial charge in [0, 0.05) is 4.90 Å². The Morgan fingerprint density at radius 1 is 1.23 bits per heavy atom. The van der Waals surface area contributed by atoms with Crippen LogP contribution in [0.4, 0.5) is 0 Å². The number of benzene rings is 1. The quantitative estimate of drug-likeness (QED) is 0.683. The largest absolute Gasteiger partial charge is 0.768 e. The topological polar surface area (TPSA) is 58.6 Å². The second-order valence-electron chi connectivity index (χ2n) is 2.25. The first-order chi connectivity index (χ1) is 6.19. The minimum Gasteiger partial charge on any atom is -0.768 e. The van der Waals surface area contributed by atoms with Crippen molar-refractivity contribution < 1.29 is 18.2 Å². The summed E-state index contributed by atoms with van der Waals surface area (Å²) >= 11 is -2.24. The third kappa shape index (κ3) is 2.19. The van der Waals surface area contributed by atoms with Crippen molar-refractivity contribution in [3.05, 3.63) is 18.2 Å². The lowest BCUT2D eigenvalue weighted by Gasteiger charge is -2.10. The highest BCUT2D eigenvalue weighted by Crippen LogP contribution is 2.28. The van der Waals surface area contributed by atoms with Crippen LogP contribution in [0.2, 0.25) is 0 Å². The maximum Gasteiger partial charge on any atom is 0.161 e. The summed E-state index contributed by atoms with van der Waals surface area (Å²) in [5, 5.41) is 0. The van der Waals surface area contributed by atoms with E-state index in [-0.39, 0.29) is 4.90 Å². The van der Waals surface area contributed by atoms with Gasteiger partial charge in [-0.15, -0.1) is 0 Å². The van der Waals surface area contributed by atoms with Gasteiger partial charge in [-0.25, -0.2) is 0 Å². The molecule has 0 amide bonds. The van der Waals surface area contributed by atoms with Crippen molar-refractivity contribution in [3.63, 3.8) is 0 Å². The first-order valence-corrected chi connectivity index (χ1v) is 4.58. The van der Waals surface area contributed by atoms with E-state index in [1.54, 1.807) is 6.07 Å². The van der Waals surface area contributed by atoms with Crippen LogP contribution in [0.5, 0.6) is 11.5 Å². The van der Waals surface area contributed by atoms with Gasteiger partial charge in [0.25, 0.3) is 0 Å². The monoisotopic (exact) mass is 201 g/mol. The number of ether oxygens (including phenoxy) is 2. The van der Waals surface area contributed by atoms with E-state index in [9.17, 15) is 8.76 Å². The average molecular weight is 201 g/mol. The zero-order valence-corrected chi connectivity index (χ0v) is 8.09. The van der Waals surface area contributed by atoms with Gasteiger partial charge >= 0.3 is 0 Å². The molecule has 0 aliphatic heterocycles. The first kappa shape index (κ1) is 10.0. The van der Waals surface area contributed by atoms with Crippen molar-refractivity contribution in [2.45, 2.75) is 4.90 Å². The van der Waals surface area contributed by atoms with Crippen molar-refractivity contribution in [1.29, 1.82) is 0 Å². The van der Waals surface area contributed by atoms with Gasteiger partial charge in [0.1, 0.15) is 0 Å². The van der Waals surface area contributed by atoms with Crippen LogP contribution < -0.4 is 9.47 Å². The highest BCUT2D eigenvalue weighted by Gasteiger charge is 2.03. The van der Waals surface area contributed by atoms with Gasteiger partial charge in [0.2, 0.25) is 0 Å². The molecule has 0 spiro atoms. The van der Waals surface area contributed by atoms with Crippen LogP contribution in [-0.2, 0) is 11.1 Å². The molecule has 0 saturated heterocycles. The predicted octanol–water partition coefficient (Wildman–Crippen LogP) is 0.942. The first-order valence-electron chi connectivity index (χ1n) is 3.50. The summed E-state index contributed by atoms with van der Waals surface area (Å²) in [5.41, 5.74) is 0. The highest BCUT2D eigenvalue weighted by atomic mass is 32.2. The highest BCUT2D eigenvalue weighted by molar-refractivity contribution is 7.79. The third-order valence-electron chi connectivity index (χ3n) is 1.55. The fourth-order valence-corrected chi connectivity index (χ4v) is 1.30. The smallest absolute Gasteiger partial charge is 0.161 e. The molecule has 4 nitrogen and oxygen atoms in total. The predicted molar refractivity (Wildman–Crippen MR) is 46.7 cm³/mol. The summed E-state index contributed by atoms with van der Waals surface area (Å²) in [5.74, 6) is 0.918. The SMILES string of the molecule is COc1ccc(S(=O)[O-])cc1OC. The molecule has 1 aromatic rings. The van der Waals surface area contributed by atoms with Crippen LogP contribution in [0.3, 0.4) is 0 Å². The minimum atomic E-state index is -2.24. The standard InChI is InChI=1S/C8H10O4S/c1-11-7-4-3-6(13(9)10)5-8(7)12-2/h3-5H,1-2H3,(H,9,10)/p-1. The van der Waals surface area contributed by atoms with E-state index in [1.807, 2.05) is 0 Å². The van der Waals surface area contributed by atoms with Crippen LogP contribution in [0.1, 0.15) is 0 Å². The van der Waals surface area contributed by atoms with Gasteiger partial charge in [-0.3, -0.25) is 4.21 Å². The fourth-order valence-electron chi connectivity index (χ4n) is 0.920. The molecule has 5 heteroatoms. The van der Waals surface area contributed by atoms with Crippen molar-refractivity contribution in [2.75, 3.05) is 14.2 Å². The second-order valence-corrected chi connectivity index (χ2v) is 3.19. The van der Waals surface area contributed by atoms with Gasteiger partial charge in [0.15, 0.2) is 11.5 Å². The van der Waals surface area contributed by atoms with Crippen molar-refractivity contribution in [2.24, 2.45) is 0 Å². The number of methoxy groups -OCH3 is 2. The molecule has 0 fully saturated rings. The molecule has 1 aromatic carbocycles. The van der Waals surface area contributed by atoms with Crippen LogP contribution in [0.25, 0.3) is 0 Å². The molecule has 1 atom stereocenters. The molecule has 1 rings (SSSR count). The van der Waals surface area contributed by atoms with E-state index < -0.39 is 11.1 Å². The maximum absolute atomic E-state index is 10.6. The Morgan fingerprint density at radius 2 is 1.85 bits per heavy atom. The van der Waals surface area contributed by atoms with Gasteiger partial charge in [-0.1, -0.05) is 0 Å². The zero-order valence-electron chi connectivity index (χ0n) is 7.27. The van der Waals surface area contributed by atoms with Crippen LogP contribution in [0.15, 0.2) is 23.1 Å². The molecule has 0 bridgehead atoms. The molecule has 0 heterocycles. The normalized spacial score (nSPS) is 12.2. The molecule has 0 aliphatic carbocycles. The van der Waals surface area contributed by atoms with E-state index in [4.69, 9.17) is 9.47 Å². The van der Waals surface area contributed by atoms with E-state index in [2.05, 4.69) is 0 Å². The summed E-state index contributed by atoms with van der Waals surface area (Å²) in [6.45, 7) is 0. The summed E-state index contributed by atoms with van der Waals surface area (Å²) in [4.78, 5) is 0.178. The Hall–Kier alpha value is -1.07. The Bertz CT molecular complexity index is 324. The molecule has 13 heavy (non-hydrogen) atoms. The zero-order chi connectivity index (χ0) is 9.84. The van der Waals surface area contributed by atoms with Crippen LogP contribution in [0, 0.1) is 0 Å². The van der Waals surface area contributed by atoms with Crippen molar-refractivity contribution >= 4 is 11.1 Å². The van der Waals surface area contributed by atoms with E-state index in [0.29, 0.717) is 11.5 Å². The minimum absolute atomic E-state index is 0.178. The Labute approximate surface area is 78.8 Å². The lowest BCUT2D eigenvalue weighted by molar-refractivity contribution is 0.353. The summed E-state index contributed by atoms with van der Waals surface area (Å²) in [6.07, 6.45) is 0. The van der Waals surface area contributed by atoms with Gasteiger partial charge in [-0.2, -0.15) is 0 Å². The summed E-state index contributed by atoms with van der Waals surface area (Å²) in [7, 11) is 2.95. The lowest BCUT2D eigenvalue weighted by atomic mass is 10.3. The molecule has 0 radical (unpaired) electrons. The summed E-state index contributed by atoms with van der Waals surface area (Å²) in [6, 6.07) is 4.40. The van der Waals surface area contributed by atoms with Gasteiger partial charge < -0.3 is 14.0 Å². The molecular formula is C8H9O4S-. The number of hydrogen-bond donors (Lipinski definition) is 0. The average Bonchev–Trinajstić information content (AvgIpc) is 2.16. The van der Waals surface area contributed by atoms with Crippen LogP contribution in [-0.4, -0.2) is 23.0 Å². The Morgan fingerprint density at radius 3 is 2.31 bits per heavy atom. The van der Waals surface area contributed by atoms with Crippen molar-refractivity contribution in [1.82, 2.24) is 0 Å². The Balaban J connectivity index is 3.13.